The van der Waals surface area contributed by atoms with Gasteiger partial charge in [-0.3, -0.25) is 0 Å². The minimum absolute atomic E-state index is 0.0790. The SMILES string of the molecule is OCc1cccc(Cl)c1SC1CCCC1. The molecule has 0 radical (unpaired) electrons. The molecule has 1 fully saturated rings. The van der Waals surface area contributed by atoms with Crippen LogP contribution in [-0.2, 0) is 6.61 Å². The van der Waals surface area contributed by atoms with Crippen molar-refractivity contribution in [2.24, 2.45) is 0 Å². The first kappa shape index (κ1) is 11.3. The molecule has 0 unspecified atom stereocenters. The molecule has 0 bridgehead atoms. The number of benzene rings is 1. The molecule has 1 aromatic rings. The Labute approximate surface area is 99.8 Å². The highest BCUT2D eigenvalue weighted by Crippen LogP contribution is 2.39. The van der Waals surface area contributed by atoms with Crippen molar-refractivity contribution < 1.29 is 5.11 Å². The summed E-state index contributed by atoms with van der Waals surface area (Å²) in [7, 11) is 0. The topological polar surface area (TPSA) is 20.2 Å². The Morgan fingerprint density at radius 3 is 2.73 bits per heavy atom. The first-order valence-electron chi connectivity index (χ1n) is 5.36. The molecule has 1 saturated carbocycles. The second kappa shape index (κ2) is 5.24. The van der Waals surface area contributed by atoms with Crippen molar-refractivity contribution in [3.05, 3.63) is 28.8 Å². The van der Waals surface area contributed by atoms with Crippen LogP contribution in [0.3, 0.4) is 0 Å². The number of aliphatic hydroxyl groups excluding tert-OH is 1. The van der Waals surface area contributed by atoms with Gasteiger partial charge in [0.25, 0.3) is 0 Å². The maximum atomic E-state index is 9.24. The van der Waals surface area contributed by atoms with Gasteiger partial charge in [0, 0.05) is 10.1 Å². The molecule has 1 nitrogen and oxygen atoms in total. The van der Waals surface area contributed by atoms with Crippen molar-refractivity contribution in [2.45, 2.75) is 42.4 Å². The molecule has 1 N–H and O–H groups in total. The van der Waals surface area contributed by atoms with Crippen LogP contribution in [0.15, 0.2) is 23.1 Å². The Hall–Kier alpha value is -0.180. The fourth-order valence-corrected chi connectivity index (χ4v) is 3.68. The first-order chi connectivity index (χ1) is 7.31. The number of halogens is 1. The third-order valence-electron chi connectivity index (χ3n) is 2.81. The zero-order valence-corrected chi connectivity index (χ0v) is 10.2. The largest absolute Gasteiger partial charge is 0.392 e. The van der Waals surface area contributed by atoms with Gasteiger partial charge >= 0.3 is 0 Å². The molecule has 1 aliphatic carbocycles. The van der Waals surface area contributed by atoms with Gasteiger partial charge in [0.1, 0.15) is 0 Å². The van der Waals surface area contributed by atoms with Gasteiger partial charge in [-0.2, -0.15) is 0 Å². The second-order valence-electron chi connectivity index (χ2n) is 3.91. The molecule has 0 spiro atoms. The van der Waals surface area contributed by atoms with Crippen LogP contribution >= 0.6 is 23.4 Å². The number of thioether (sulfide) groups is 1. The highest BCUT2D eigenvalue weighted by molar-refractivity contribution is 8.00. The molecule has 0 aromatic heterocycles. The lowest BCUT2D eigenvalue weighted by atomic mass is 10.2. The average molecular weight is 243 g/mol. The van der Waals surface area contributed by atoms with Crippen LogP contribution in [0, 0.1) is 0 Å². The Balaban J connectivity index is 2.17. The molecule has 82 valence electrons. The quantitative estimate of drug-likeness (QED) is 0.869. The standard InChI is InChI=1S/C12H15ClOS/c13-11-7-3-4-9(8-14)12(11)15-10-5-1-2-6-10/h3-4,7,10,14H,1-2,5-6,8H2. The van der Waals surface area contributed by atoms with Crippen molar-refractivity contribution >= 4 is 23.4 Å². The smallest absolute Gasteiger partial charge is 0.0693 e. The summed E-state index contributed by atoms with van der Waals surface area (Å²) in [5.74, 6) is 0. The molecule has 2 rings (SSSR count). The molecule has 15 heavy (non-hydrogen) atoms. The van der Waals surface area contributed by atoms with E-state index in [4.69, 9.17) is 11.6 Å². The minimum Gasteiger partial charge on any atom is -0.392 e. The highest BCUT2D eigenvalue weighted by atomic mass is 35.5. The number of aliphatic hydroxyl groups is 1. The van der Waals surface area contributed by atoms with Crippen molar-refractivity contribution in [3.63, 3.8) is 0 Å². The summed E-state index contributed by atoms with van der Waals surface area (Å²) >= 11 is 7.99. The third kappa shape index (κ3) is 2.68. The van der Waals surface area contributed by atoms with E-state index < -0.39 is 0 Å². The monoisotopic (exact) mass is 242 g/mol. The van der Waals surface area contributed by atoms with E-state index in [1.807, 2.05) is 30.0 Å². The van der Waals surface area contributed by atoms with Crippen molar-refractivity contribution in [2.75, 3.05) is 0 Å². The zero-order valence-electron chi connectivity index (χ0n) is 8.58. The summed E-state index contributed by atoms with van der Waals surface area (Å²) in [5.41, 5.74) is 0.958. The van der Waals surface area contributed by atoms with Crippen LogP contribution in [0.5, 0.6) is 0 Å². The second-order valence-corrected chi connectivity index (χ2v) is 5.63. The molecule has 3 heteroatoms. The van der Waals surface area contributed by atoms with Gasteiger partial charge in [0.05, 0.1) is 11.6 Å². The van der Waals surface area contributed by atoms with E-state index in [9.17, 15) is 5.11 Å². The highest BCUT2D eigenvalue weighted by Gasteiger charge is 2.18. The van der Waals surface area contributed by atoms with E-state index in [0.717, 1.165) is 15.5 Å². The average Bonchev–Trinajstić information content (AvgIpc) is 2.74. The van der Waals surface area contributed by atoms with Gasteiger partial charge in [-0.25, -0.2) is 0 Å². The van der Waals surface area contributed by atoms with Gasteiger partial charge in [0.2, 0.25) is 0 Å². The van der Waals surface area contributed by atoms with Crippen LogP contribution in [0.2, 0.25) is 5.02 Å². The summed E-state index contributed by atoms with van der Waals surface area (Å²) in [4.78, 5) is 1.08. The van der Waals surface area contributed by atoms with E-state index in [1.54, 1.807) is 0 Å². The lowest BCUT2D eigenvalue weighted by molar-refractivity contribution is 0.279. The van der Waals surface area contributed by atoms with Crippen LogP contribution in [-0.4, -0.2) is 10.4 Å². The maximum absolute atomic E-state index is 9.24. The third-order valence-corrected chi connectivity index (χ3v) is 4.76. The Morgan fingerprint density at radius 1 is 1.33 bits per heavy atom. The molecular formula is C12H15ClOS. The van der Waals surface area contributed by atoms with Crippen LogP contribution in [0.1, 0.15) is 31.2 Å². The number of hydrogen-bond acceptors (Lipinski definition) is 2. The van der Waals surface area contributed by atoms with Gasteiger partial charge in [-0.15, -0.1) is 11.8 Å². The van der Waals surface area contributed by atoms with Gasteiger partial charge in [-0.05, 0) is 24.5 Å². The fraction of sp³-hybridized carbons (Fsp3) is 0.500. The Bertz CT molecular complexity index is 334. The van der Waals surface area contributed by atoms with Gasteiger partial charge in [-0.1, -0.05) is 36.6 Å². The van der Waals surface area contributed by atoms with E-state index >= 15 is 0 Å². The van der Waals surface area contributed by atoms with E-state index in [0.29, 0.717) is 5.25 Å². The summed E-state index contributed by atoms with van der Waals surface area (Å²) in [6, 6.07) is 5.74. The summed E-state index contributed by atoms with van der Waals surface area (Å²) in [6.07, 6.45) is 5.22. The maximum Gasteiger partial charge on any atom is 0.0693 e. The zero-order chi connectivity index (χ0) is 10.7. The number of hydrogen-bond donors (Lipinski definition) is 1. The first-order valence-corrected chi connectivity index (χ1v) is 6.62. The molecule has 0 heterocycles. The predicted octanol–water partition coefficient (Wildman–Crippen LogP) is 3.87. The van der Waals surface area contributed by atoms with E-state index in [2.05, 4.69) is 0 Å². The molecular weight excluding hydrogens is 228 g/mol. The van der Waals surface area contributed by atoms with Gasteiger partial charge < -0.3 is 5.11 Å². The molecule has 0 atom stereocenters. The molecule has 0 aliphatic heterocycles. The fourth-order valence-electron chi connectivity index (χ4n) is 1.98. The van der Waals surface area contributed by atoms with E-state index in [1.165, 1.54) is 25.7 Å². The van der Waals surface area contributed by atoms with E-state index in [-0.39, 0.29) is 6.61 Å². The molecule has 1 aromatic carbocycles. The number of rotatable bonds is 3. The van der Waals surface area contributed by atoms with Crippen LogP contribution in [0.4, 0.5) is 0 Å². The summed E-state index contributed by atoms with van der Waals surface area (Å²) in [6.45, 7) is 0.0790. The lowest BCUT2D eigenvalue weighted by Gasteiger charge is -2.13. The van der Waals surface area contributed by atoms with Crippen molar-refractivity contribution in [3.8, 4) is 0 Å². The predicted molar refractivity (Wildman–Crippen MR) is 65.5 cm³/mol. The van der Waals surface area contributed by atoms with Crippen molar-refractivity contribution in [1.82, 2.24) is 0 Å². The minimum atomic E-state index is 0.0790. The molecule has 0 amide bonds. The molecule has 1 aliphatic rings. The van der Waals surface area contributed by atoms with Gasteiger partial charge in [0.15, 0.2) is 0 Å². The lowest BCUT2D eigenvalue weighted by Crippen LogP contribution is -1.97. The van der Waals surface area contributed by atoms with Crippen molar-refractivity contribution in [1.29, 1.82) is 0 Å². The Morgan fingerprint density at radius 2 is 2.07 bits per heavy atom. The normalized spacial score (nSPS) is 17.2. The van der Waals surface area contributed by atoms with Crippen LogP contribution in [0.25, 0.3) is 0 Å². The Kier molecular flexibility index (Phi) is 3.95. The van der Waals surface area contributed by atoms with Crippen LogP contribution < -0.4 is 0 Å². The summed E-state index contributed by atoms with van der Waals surface area (Å²) < 4.78 is 0. The summed E-state index contributed by atoms with van der Waals surface area (Å²) in [5, 5.41) is 10.7. The molecule has 0 saturated heterocycles.